The van der Waals surface area contributed by atoms with Gasteiger partial charge in [0.2, 0.25) is 0 Å². The largest absolute Gasteiger partial charge is 4.00 e. The van der Waals surface area contributed by atoms with Gasteiger partial charge >= 0.3 is 26.2 Å². The van der Waals surface area contributed by atoms with Crippen LogP contribution in [-0.4, -0.2) is 25.2 Å². The van der Waals surface area contributed by atoms with Crippen molar-refractivity contribution in [1.82, 2.24) is 0 Å². The van der Waals surface area contributed by atoms with Crippen molar-refractivity contribution in [2.45, 2.75) is 82.7 Å². The summed E-state index contributed by atoms with van der Waals surface area (Å²) in [5.74, 6) is 0. The molecule has 0 saturated heterocycles. The average molecular weight is 358 g/mol. The van der Waals surface area contributed by atoms with Crippen molar-refractivity contribution >= 4 is 0 Å². The minimum Gasteiger partial charge on any atom is -0.660 e. The first kappa shape index (κ1) is 23.1. The van der Waals surface area contributed by atoms with Crippen LogP contribution in [0.1, 0.15) is 70.6 Å². The standard InChI is InChI=1S/C15H28N2.2CH3.Zr/c1-3-8-14(9-4-1)16-12-7-13-17-15-10-5-2-6-11-15;;;/h14-15H,1-13H2;2*1H3;/q-2;2*-1;+4. The molecule has 3 heteroatoms. The Bertz CT molecular complexity index is 167. The molecule has 0 unspecified atom stereocenters. The van der Waals surface area contributed by atoms with Crippen LogP contribution in [0.3, 0.4) is 0 Å². The summed E-state index contributed by atoms with van der Waals surface area (Å²) in [6.07, 6.45) is 15.1. The Hall–Kier alpha value is 0.803. The van der Waals surface area contributed by atoms with Crippen molar-refractivity contribution < 1.29 is 26.2 Å². The third-order valence-electron chi connectivity index (χ3n) is 4.24. The van der Waals surface area contributed by atoms with Crippen LogP contribution in [0.5, 0.6) is 0 Å². The Morgan fingerprint density at radius 2 is 0.950 bits per heavy atom. The van der Waals surface area contributed by atoms with Crippen LogP contribution in [0, 0.1) is 14.9 Å². The summed E-state index contributed by atoms with van der Waals surface area (Å²) in [5.41, 5.74) is 0. The Kier molecular flexibility index (Phi) is 17.0. The van der Waals surface area contributed by atoms with E-state index in [9.17, 15) is 0 Å². The van der Waals surface area contributed by atoms with E-state index in [2.05, 4.69) is 0 Å². The third-order valence-corrected chi connectivity index (χ3v) is 4.24. The normalized spacial score (nSPS) is 20.4. The molecule has 0 aromatic rings. The van der Waals surface area contributed by atoms with Gasteiger partial charge in [0.25, 0.3) is 0 Å². The Morgan fingerprint density at radius 1 is 0.600 bits per heavy atom. The van der Waals surface area contributed by atoms with E-state index in [1.54, 1.807) is 0 Å². The summed E-state index contributed by atoms with van der Waals surface area (Å²) in [6, 6.07) is 1.39. The number of hydrogen-bond acceptors (Lipinski definition) is 0. The van der Waals surface area contributed by atoms with Gasteiger partial charge in [-0.2, -0.15) is 13.1 Å². The molecule has 20 heavy (non-hydrogen) atoms. The number of rotatable bonds is 6. The van der Waals surface area contributed by atoms with Gasteiger partial charge in [0, 0.05) is 0 Å². The molecule has 0 aromatic carbocycles. The van der Waals surface area contributed by atoms with Crippen LogP contribution in [0.2, 0.25) is 0 Å². The second-order valence-electron chi connectivity index (χ2n) is 5.75. The van der Waals surface area contributed by atoms with E-state index in [0.717, 1.165) is 13.1 Å². The summed E-state index contributed by atoms with van der Waals surface area (Å²) in [7, 11) is 0. The first-order chi connectivity index (χ1) is 8.45. The smallest absolute Gasteiger partial charge is 0.660 e. The van der Waals surface area contributed by atoms with Crippen molar-refractivity contribution in [2.75, 3.05) is 13.1 Å². The van der Waals surface area contributed by atoms with Crippen molar-refractivity contribution in [3.05, 3.63) is 25.5 Å². The van der Waals surface area contributed by atoms with Gasteiger partial charge in [-0.25, -0.2) is 0 Å². The van der Waals surface area contributed by atoms with Crippen LogP contribution in [0.25, 0.3) is 10.6 Å². The minimum atomic E-state index is 0. The molecular formula is C17H34N2Zr. The van der Waals surface area contributed by atoms with Crippen molar-refractivity contribution in [2.24, 2.45) is 0 Å². The molecule has 0 heterocycles. The molecule has 0 aliphatic heterocycles. The van der Waals surface area contributed by atoms with Gasteiger partial charge in [-0.3, -0.25) is 0 Å². The predicted octanol–water partition coefficient (Wildman–Crippen LogP) is 5.69. The summed E-state index contributed by atoms with van der Waals surface area (Å²) in [6.45, 7) is 2.11. The SMILES string of the molecule is C1CCC([N-]CCC[N-]C2CCCCC2)CC1.[CH3-].[CH3-].[Zr+4]. The average Bonchev–Trinajstić information content (AvgIpc) is 2.41. The maximum absolute atomic E-state index is 4.81. The van der Waals surface area contributed by atoms with E-state index in [4.69, 9.17) is 10.6 Å². The zero-order valence-electron chi connectivity index (χ0n) is 13.7. The van der Waals surface area contributed by atoms with Gasteiger partial charge in [0.1, 0.15) is 0 Å². The minimum absolute atomic E-state index is 0. The molecule has 116 valence electrons. The zero-order chi connectivity index (χ0) is 11.8. The van der Waals surface area contributed by atoms with E-state index in [0.29, 0.717) is 12.1 Å². The van der Waals surface area contributed by atoms with Crippen LogP contribution in [0.4, 0.5) is 0 Å². The van der Waals surface area contributed by atoms with Gasteiger partial charge in [-0.05, 0) is 0 Å². The first-order valence-electron chi connectivity index (χ1n) is 7.78. The van der Waals surface area contributed by atoms with Gasteiger partial charge in [-0.1, -0.05) is 70.6 Å². The van der Waals surface area contributed by atoms with Crippen molar-refractivity contribution in [1.29, 1.82) is 0 Å². The van der Waals surface area contributed by atoms with E-state index in [1.807, 2.05) is 0 Å². The molecule has 2 fully saturated rings. The quantitative estimate of drug-likeness (QED) is 0.432. The molecule has 0 atom stereocenters. The van der Waals surface area contributed by atoms with E-state index in [1.165, 1.54) is 70.6 Å². The molecule has 0 spiro atoms. The van der Waals surface area contributed by atoms with E-state index >= 15 is 0 Å². The summed E-state index contributed by atoms with van der Waals surface area (Å²) in [5, 5.41) is 9.61. The van der Waals surface area contributed by atoms with E-state index in [-0.39, 0.29) is 41.1 Å². The Balaban J connectivity index is 0. The second kappa shape index (κ2) is 14.7. The maximum atomic E-state index is 4.81. The molecule has 2 rings (SSSR count). The molecule has 0 N–H and O–H groups in total. The van der Waals surface area contributed by atoms with Gasteiger partial charge in [0.15, 0.2) is 0 Å². The third kappa shape index (κ3) is 9.69. The molecule has 2 saturated carbocycles. The Labute approximate surface area is 147 Å². The fourth-order valence-electron chi connectivity index (χ4n) is 3.15. The number of nitrogens with zero attached hydrogens (tertiary/aromatic N) is 2. The van der Waals surface area contributed by atoms with Gasteiger partial charge in [-0.15, -0.1) is 12.1 Å². The topological polar surface area (TPSA) is 28.2 Å². The summed E-state index contributed by atoms with van der Waals surface area (Å²) < 4.78 is 0. The molecule has 0 aromatic heterocycles. The van der Waals surface area contributed by atoms with E-state index < -0.39 is 0 Å². The van der Waals surface area contributed by atoms with Crippen LogP contribution < -0.4 is 0 Å². The molecule has 0 bridgehead atoms. The zero-order valence-corrected chi connectivity index (χ0v) is 16.2. The van der Waals surface area contributed by atoms with Crippen molar-refractivity contribution in [3.8, 4) is 0 Å². The fourth-order valence-corrected chi connectivity index (χ4v) is 3.15. The van der Waals surface area contributed by atoms with Crippen LogP contribution in [0.15, 0.2) is 0 Å². The number of hydrogen-bond donors (Lipinski definition) is 0. The first-order valence-corrected chi connectivity index (χ1v) is 7.78. The molecule has 2 aliphatic carbocycles. The summed E-state index contributed by atoms with van der Waals surface area (Å²) >= 11 is 0. The van der Waals surface area contributed by atoms with Crippen molar-refractivity contribution in [3.63, 3.8) is 0 Å². The maximum Gasteiger partial charge on any atom is 4.00 e. The van der Waals surface area contributed by atoms with Crippen LogP contribution in [-0.2, 0) is 26.2 Å². The molecule has 2 nitrogen and oxygen atoms in total. The molecule has 0 amide bonds. The summed E-state index contributed by atoms with van der Waals surface area (Å²) in [4.78, 5) is 0. The second-order valence-corrected chi connectivity index (χ2v) is 5.75. The molecule has 2 aliphatic rings. The predicted molar refractivity (Wildman–Crippen MR) is 87.6 cm³/mol. The fraction of sp³-hybridized carbons (Fsp3) is 0.882. The molecular weight excluding hydrogens is 323 g/mol. The molecule has 0 radical (unpaired) electrons. The Morgan fingerprint density at radius 3 is 1.30 bits per heavy atom. The van der Waals surface area contributed by atoms with Gasteiger partial charge < -0.3 is 25.5 Å². The van der Waals surface area contributed by atoms with Gasteiger partial charge in [0.05, 0.1) is 0 Å². The monoisotopic (exact) mass is 356 g/mol. The van der Waals surface area contributed by atoms with Crippen LogP contribution >= 0.6 is 0 Å².